The zero-order chi connectivity index (χ0) is 8.81. The average Bonchev–Trinajstić information content (AvgIpc) is 2.53. The fourth-order valence-electron chi connectivity index (χ4n) is 1.65. The van der Waals surface area contributed by atoms with Gasteiger partial charge in [0.1, 0.15) is 0 Å². The second-order valence-electron chi connectivity index (χ2n) is 3.83. The fraction of sp³-hybridized carbons (Fsp3) is 1.00. The molecule has 0 saturated carbocycles. The van der Waals surface area contributed by atoms with Crippen LogP contribution in [0, 0.1) is 5.92 Å². The fourth-order valence-corrected chi connectivity index (χ4v) is 2.93. The van der Waals surface area contributed by atoms with Crippen LogP contribution in [0.1, 0.15) is 33.1 Å². The van der Waals surface area contributed by atoms with Gasteiger partial charge in [0.15, 0.2) is 0 Å². The average molecular weight is 187 g/mol. The first-order chi connectivity index (χ1) is 5.83. The van der Waals surface area contributed by atoms with E-state index < -0.39 is 0 Å². The first kappa shape index (κ1) is 10.4. The highest BCUT2D eigenvalue weighted by atomic mass is 32.2. The van der Waals surface area contributed by atoms with Crippen molar-refractivity contribution in [3.05, 3.63) is 0 Å². The van der Waals surface area contributed by atoms with Crippen LogP contribution in [0.3, 0.4) is 0 Å². The Labute approximate surface area is 80.7 Å². The molecule has 2 heteroatoms. The molecule has 1 fully saturated rings. The van der Waals surface area contributed by atoms with Gasteiger partial charge >= 0.3 is 0 Å². The number of hydrogen-bond donors (Lipinski definition) is 1. The minimum Gasteiger partial charge on any atom is -0.314 e. The lowest BCUT2D eigenvalue weighted by Gasteiger charge is -2.15. The van der Waals surface area contributed by atoms with Crippen molar-refractivity contribution in [1.82, 2.24) is 5.32 Å². The maximum absolute atomic E-state index is 3.61. The topological polar surface area (TPSA) is 12.0 Å². The first-order valence-corrected chi connectivity index (χ1v) is 6.29. The molecule has 1 N–H and O–H groups in total. The zero-order valence-corrected chi connectivity index (χ0v) is 9.12. The lowest BCUT2D eigenvalue weighted by molar-refractivity contribution is 0.448. The Morgan fingerprint density at radius 3 is 3.00 bits per heavy atom. The maximum Gasteiger partial charge on any atom is 0.00387 e. The van der Waals surface area contributed by atoms with Crippen LogP contribution in [0.15, 0.2) is 0 Å². The smallest absolute Gasteiger partial charge is 0.00387 e. The molecule has 2 atom stereocenters. The third-order valence-electron chi connectivity index (χ3n) is 2.50. The second kappa shape index (κ2) is 5.87. The number of rotatable bonds is 5. The first-order valence-electron chi connectivity index (χ1n) is 5.14. The van der Waals surface area contributed by atoms with Crippen LogP contribution in [0.4, 0.5) is 0 Å². The van der Waals surface area contributed by atoms with Gasteiger partial charge in [-0.05, 0) is 43.7 Å². The van der Waals surface area contributed by atoms with Gasteiger partial charge in [-0.1, -0.05) is 13.3 Å². The van der Waals surface area contributed by atoms with E-state index in [2.05, 4.69) is 30.9 Å². The molecule has 1 rings (SSSR count). The molecule has 1 aliphatic rings. The van der Waals surface area contributed by atoms with E-state index in [9.17, 15) is 0 Å². The van der Waals surface area contributed by atoms with Crippen molar-refractivity contribution in [2.75, 3.05) is 18.1 Å². The summed E-state index contributed by atoms with van der Waals surface area (Å²) in [5.74, 6) is 3.72. The molecule has 0 bridgehead atoms. The van der Waals surface area contributed by atoms with Crippen LogP contribution in [0.2, 0.25) is 0 Å². The molecular weight excluding hydrogens is 166 g/mol. The maximum atomic E-state index is 3.61. The number of hydrogen-bond acceptors (Lipinski definition) is 2. The third-order valence-corrected chi connectivity index (χ3v) is 3.73. The predicted molar refractivity (Wildman–Crippen MR) is 57.8 cm³/mol. The van der Waals surface area contributed by atoms with Gasteiger partial charge in [0.25, 0.3) is 0 Å². The van der Waals surface area contributed by atoms with E-state index in [0.717, 1.165) is 12.0 Å². The van der Waals surface area contributed by atoms with Gasteiger partial charge in [-0.2, -0.15) is 11.8 Å². The van der Waals surface area contributed by atoms with Crippen LogP contribution in [0.5, 0.6) is 0 Å². The normalized spacial score (nSPS) is 26.0. The van der Waals surface area contributed by atoms with Crippen molar-refractivity contribution in [1.29, 1.82) is 0 Å². The Morgan fingerprint density at radius 2 is 2.42 bits per heavy atom. The number of thioether (sulfide) groups is 1. The SMILES string of the molecule is CCCC(C)NCC1CCSC1. The quantitative estimate of drug-likeness (QED) is 0.710. The van der Waals surface area contributed by atoms with E-state index in [0.29, 0.717) is 0 Å². The Kier molecular flexibility index (Phi) is 5.08. The van der Waals surface area contributed by atoms with E-state index in [1.54, 1.807) is 0 Å². The van der Waals surface area contributed by atoms with Gasteiger partial charge in [0, 0.05) is 6.04 Å². The van der Waals surface area contributed by atoms with E-state index in [1.807, 2.05) is 0 Å². The zero-order valence-electron chi connectivity index (χ0n) is 8.31. The summed E-state index contributed by atoms with van der Waals surface area (Å²) < 4.78 is 0. The van der Waals surface area contributed by atoms with Crippen molar-refractivity contribution in [3.63, 3.8) is 0 Å². The van der Waals surface area contributed by atoms with Gasteiger partial charge in [0.2, 0.25) is 0 Å². The molecular formula is C10H21NS. The van der Waals surface area contributed by atoms with Crippen molar-refractivity contribution in [2.45, 2.75) is 39.2 Å². The van der Waals surface area contributed by atoms with Crippen molar-refractivity contribution < 1.29 is 0 Å². The van der Waals surface area contributed by atoms with E-state index in [-0.39, 0.29) is 0 Å². The summed E-state index contributed by atoms with van der Waals surface area (Å²) in [5.41, 5.74) is 0. The predicted octanol–water partition coefficient (Wildman–Crippen LogP) is 2.52. The van der Waals surface area contributed by atoms with Crippen molar-refractivity contribution >= 4 is 11.8 Å². The van der Waals surface area contributed by atoms with E-state index in [4.69, 9.17) is 0 Å². The van der Waals surface area contributed by atoms with Crippen molar-refractivity contribution in [3.8, 4) is 0 Å². The Balaban J connectivity index is 1.99. The van der Waals surface area contributed by atoms with Crippen molar-refractivity contribution in [2.24, 2.45) is 5.92 Å². The summed E-state index contributed by atoms with van der Waals surface area (Å²) in [6.45, 7) is 5.80. The molecule has 1 nitrogen and oxygen atoms in total. The summed E-state index contributed by atoms with van der Waals surface area (Å²) in [5, 5.41) is 3.61. The van der Waals surface area contributed by atoms with Crippen LogP contribution < -0.4 is 5.32 Å². The summed E-state index contributed by atoms with van der Waals surface area (Å²) in [7, 11) is 0. The molecule has 12 heavy (non-hydrogen) atoms. The largest absolute Gasteiger partial charge is 0.314 e. The third kappa shape index (κ3) is 3.81. The molecule has 0 aromatic carbocycles. The van der Waals surface area contributed by atoms with Crippen LogP contribution >= 0.6 is 11.8 Å². The number of nitrogens with one attached hydrogen (secondary N) is 1. The molecule has 1 saturated heterocycles. The van der Waals surface area contributed by atoms with E-state index in [1.165, 1.54) is 37.3 Å². The van der Waals surface area contributed by atoms with Gasteiger partial charge < -0.3 is 5.32 Å². The van der Waals surface area contributed by atoms with Gasteiger partial charge in [-0.3, -0.25) is 0 Å². The summed E-state index contributed by atoms with van der Waals surface area (Å²) in [6, 6.07) is 0.723. The Bertz CT molecular complexity index is 110. The standard InChI is InChI=1S/C10H21NS/c1-3-4-9(2)11-7-10-5-6-12-8-10/h9-11H,3-8H2,1-2H3. The molecule has 2 unspecified atom stereocenters. The van der Waals surface area contributed by atoms with Gasteiger partial charge in [0.05, 0.1) is 0 Å². The Morgan fingerprint density at radius 1 is 1.58 bits per heavy atom. The molecule has 0 aromatic heterocycles. The summed E-state index contributed by atoms with van der Waals surface area (Å²) in [6.07, 6.45) is 4.05. The lowest BCUT2D eigenvalue weighted by Crippen LogP contribution is -2.31. The molecule has 0 radical (unpaired) electrons. The lowest BCUT2D eigenvalue weighted by atomic mass is 10.1. The highest BCUT2D eigenvalue weighted by Gasteiger charge is 2.15. The molecule has 0 aliphatic carbocycles. The molecule has 0 aromatic rings. The van der Waals surface area contributed by atoms with Crippen LogP contribution in [-0.2, 0) is 0 Å². The minimum absolute atomic E-state index is 0.723. The van der Waals surface area contributed by atoms with Crippen LogP contribution in [0.25, 0.3) is 0 Å². The molecule has 1 heterocycles. The molecule has 0 amide bonds. The van der Waals surface area contributed by atoms with E-state index >= 15 is 0 Å². The monoisotopic (exact) mass is 187 g/mol. The minimum atomic E-state index is 0.723. The molecule has 0 spiro atoms. The second-order valence-corrected chi connectivity index (χ2v) is 4.98. The molecule has 72 valence electrons. The highest BCUT2D eigenvalue weighted by Crippen LogP contribution is 2.22. The van der Waals surface area contributed by atoms with Crippen LogP contribution in [-0.4, -0.2) is 24.1 Å². The van der Waals surface area contributed by atoms with Gasteiger partial charge in [-0.25, -0.2) is 0 Å². The summed E-state index contributed by atoms with van der Waals surface area (Å²) >= 11 is 2.11. The highest BCUT2D eigenvalue weighted by molar-refractivity contribution is 7.99. The molecule has 1 aliphatic heterocycles. The summed E-state index contributed by atoms with van der Waals surface area (Å²) in [4.78, 5) is 0. The Hall–Kier alpha value is 0.310. The van der Waals surface area contributed by atoms with Gasteiger partial charge in [-0.15, -0.1) is 0 Å².